The maximum Gasteiger partial charge on any atom is 0.210 e. The van der Waals surface area contributed by atoms with Gasteiger partial charge in [0.15, 0.2) is 0 Å². The van der Waals surface area contributed by atoms with E-state index in [4.69, 9.17) is 10.9 Å². The number of nitrogen functional groups attached to an aromatic ring is 1. The van der Waals surface area contributed by atoms with E-state index in [9.17, 15) is 8.42 Å². The lowest BCUT2D eigenvalue weighted by molar-refractivity contribution is 0.598. The lowest BCUT2D eigenvalue weighted by Crippen LogP contribution is -2.22. The summed E-state index contributed by atoms with van der Waals surface area (Å²) in [7, 11) is -3.41. The highest BCUT2D eigenvalue weighted by atomic mass is 32.2. The Kier molecular flexibility index (Phi) is 3.54. The molecular formula is C9H15N3O2S. The summed E-state index contributed by atoms with van der Waals surface area (Å²) in [6.45, 7) is 2.19. The Morgan fingerprint density at radius 1 is 1.40 bits per heavy atom. The Balaban J connectivity index is 2.55. The van der Waals surface area contributed by atoms with Crippen molar-refractivity contribution >= 4 is 21.4 Å². The third-order valence-corrected chi connectivity index (χ3v) is 2.77. The minimum absolute atomic E-state index is 0.0964. The van der Waals surface area contributed by atoms with Crippen LogP contribution in [0.2, 0.25) is 0 Å². The number of aryl methyl sites for hydroxylation is 1. The molecule has 15 heavy (non-hydrogen) atoms. The number of sulfonamides is 1. The summed E-state index contributed by atoms with van der Waals surface area (Å²) in [6, 6.07) is 5.47. The fraction of sp³-hybridized carbons (Fsp3) is 0.333. The number of hydrogen-bond acceptors (Lipinski definition) is 4. The molecule has 0 radical (unpaired) electrons. The van der Waals surface area contributed by atoms with E-state index in [0.29, 0.717) is 5.69 Å². The molecule has 0 aliphatic carbocycles. The quantitative estimate of drug-likeness (QED) is 0.646. The van der Waals surface area contributed by atoms with E-state index < -0.39 is 10.0 Å². The number of primary sulfonamides is 1. The Morgan fingerprint density at radius 3 is 2.60 bits per heavy atom. The fourth-order valence-electron chi connectivity index (χ4n) is 1.09. The van der Waals surface area contributed by atoms with Crippen LogP contribution in [0.15, 0.2) is 18.2 Å². The summed E-state index contributed by atoms with van der Waals surface area (Å²) in [6.07, 6.45) is 0. The normalized spacial score (nSPS) is 11.3. The molecule has 5 nitrogen and oxygen atoms in total. The van der Waals surface area contributed by atoms with Crippen molar-refractivity contribution in [3.8, 4) is 0 Å². The average molecular weight is 229 g/mol. The van der Waals surface area contributed by atoms with Crippen molar-refractivity contribution in [2.75, 3.05) is 23.3 Å². The topological polar surface area (TPSA) is 98.2 Å². The summed E-state index contributed by atoms with van der Waals surface area (Å²) in [4.78, 5) is 0. The van der Waals surface area contributed by atoms with Crippen molar-refractivity contribution in [2.24, 2.45) is 5.14 Å². The monoisotopic (exact) mass is 229 g/mol. The van der Waals surface area contributed by atoms with E-state index >= 15 is 0 Å². The molecule has 0 saturated carbocycles. The average Bonchev–Trinajstić information content (AvgIpc) is 2.09. The fourth-order valence-corrected chi connectivity index (χ4v) is 1.47. The van der Waals surface area contributed by atoms with Crippen LogP contribution in [0.25, 0.3) is 0 Å². The van der Waals surface area contributed by atoms with Gasteiger partial charge in [-0.3, -0.25) is 0 Å². The molecule has 0 spiro atoms. The third-order valence-electron chi connectivity index (χ3n) is 1.99. The molecule has 6 heteroatoms. The minimum Gasteiger partial charge on any atom is -0.398 e. The molecule has 5 N–H and O–H groups in total. The molecule has 1 aromatic rings. The van der Waals surface area contributed by atoms with Crippen LogP contribution in [0.4, 0.5) is 11.4 Å². The van der Waals surface area contributed by atoms with Gasteiger partial charge in [0.05, 0.1) is 5.75 Å². The zero-order chi connectivity index (χ0) is 11.5. The smallest absolute Gasteiger partial charge is 0.210 e. The summed E-state index contributed by atoms with van der Waals surface area (Å²) >= 11 is 0. The van der Waals surface area contributed by atoms with Crippen LogP contribution in [-0.2, 0) is 10.0 Å². The van der Waals surface area contributed by atoms with Crippen molar-refractivity contribution in [3.05, 3.63) is 23.8 Å². The summed E-state index contributed by atoms with van der Waals surface area (Å²) in [5.74, 6) is -0.0964. The van der Waals surface area contributed by atoms with Crippen molar-refractivity contribution in [1.29, 1.82) is 0 Å². The first kappa shape index (κ1) is 11.8. The number of nitrogens with two attached hydrogens (primary N) is 2. The standard InChI is InChI=1S/C9H15N3O2S/c1-7-2-3-8(6-9(7)10)12-4-5-15(11,13)14/h2-3,6,12H,4-5,10H2,1H3,(H2,11,13,14). The lowest BCUT2D eigenvalue weighted by atomic mass is 10.2. The first-order valence-corrected chi connectivity index (χ1v) is 6.20. The first-order chi connectivity index (χ1) is 6.88. The molecule has 0 atom stereocenters. The maximum atomic E-state index is 10.7. The summed E-state index contributed by atoms with van der Waals surface area (Å²) in [5.41, 5.74) is 8.16. The van der Waals surface area contributed by atoms with Crippen LogP contribution in [0.3, 0.4) is 0 Å². The minimum atomic E-state index is -3.41. The number of benzene rings is 1. The van der Waals surface area contributed by atoms with Crippen molar-refractivity contribution in [1.82, 2.24) is 0 Å². The summed E-state index contributed by atoms with van der Waals surface area (Å²) in [5, 5.41) is 7.79. The van der Waals surface area contributed by atoms with Gasteiger partial charge in [-0.1, -0.05) is 6.07 Å². The lowest BCUT2D eigenvalue weighted by Gasteiger charge is -2.07. The van der Waals surface area contributed by atoms with Crippen LogP contribution >= 0.6 is 0 Å². The van der Waals surface area contributed by atoms with Gasteiger partial charge >= 0.3 is 0 Å². The Hall–Kier alpha value is -1.27. The molecular weight excluding hydrogens is 214 g/mol. The number of anilines is 2. The molecule has 84 valence electrons. The molecule has 0 aliphatic rings. The largest absolute Gasteiger partial charge is 0.398 e. The van der Waals surface area contributed by atoms with Crippen LogP contribution in [0.5, 0.6) is 0 Å². The van der Waals surface area contributed by atoms with E-state index in [1.54, 1.807) is 6.07 Å². The highest BCUT2D eigenvalue weighted by Crippen LogP contribution is 2.16. The maximum absolute atomic E-state index is 10.7. The zero-order valence-electron chi connectivity index (χ0n) is 8.53. The second-order valence-electron chi connectivity index (χ2n) is 3.37. The molecule has 0 fully saturated rings. The van der Waals surface area contributed by atoms with Gasteiger partial charge in [-0.15, -0.1) is 0 Å². The number of hydrogen-bond donors (Lipinski definition) is 3. The zero-order valence-corrected chi connectivity index (χ0v) is 9.34. The van der Waals surface area contributed by atoms with Crippen LogP contribution in [0, 0.1) is 6.92 Å². The Labute approximate surface area is 89.5 Å². The van der Waals surface area contributed by atoms with Crippen LogP contribution in [0.1, 0.15) is 5.56 Å². The van der Waals surface area contributed by atoms with E-state index in [0.717, 1.165) is 11.3 Å². The van der Waals surface area contributed by atoms with Crippen molar-refractivity contribution in [2.45, 2.75) is 6.92 Å². The Morgan fingerprint density at radius 2 is 2.07 bits per heavy atom. The van der Waals surface area contributed by atoms with Gasteiger partial charge < -0.3 is 11.1 Å². The highest BCUT2D eigenvalue weighted by molar-refractivity contribution is 7.89. The molecule has 0 aliphatic heterocycles. The Bertz CT molecular complexity index is 443. The highest BCUT2D eigenvalue weighted by Gasteiger charge is 2.02. The van der Waals surface area contributed by atoms with Gasteiger partial charge in [0.25, 0.3) is 0 Å². The molecule has 0 aromatic heterocycles. The van der Waals surface area contributed by atoms with Crippen LogP contribution < -0.4 is 16.2 Å². The molecule has 0 bridgehead atoms. The molecule has 0 unspecified atom stereocenters. The third kappa shape index (κ3) is 4.18. The molecule has 1 rings (SSSR count). The number of rotatable bonds is 4. The van der Waals surface area contributed by atoms with E-state index in [1.807, 2.05) is 19.1 Å². The first-order valence-electron chi connectivity index (χ1n) is 4.49. The predicted molar refractivity (Wildman–Crippen MR) is 62.1 cm³/mol. The van der Waals surface area contributed by atoms with Gasteiger partial charge in [-0.25, -0.2) is 13.6 Å². The van der Waals surface area contributed by atoms with E-state index in [-0.39, 0.29) is 12.3 Å². The van der Waals surface area contributed by atoms with E-state index in [2.05, 4.69) is 5.32 Å². The van der Waals surface area contributed by atoms with Crippen molar-refractivity contribution in [3.63, 3.8) is 0 Å². The van der Waals surface area contributed by atoms with Gasteiger partial charge in [-0.2, -0.15) is 0 Å². The molecule has 1 aromatic carbocycles. The van der Waals surface area contributed by atoms with Crippen molar-refractivity contribution < 1.29 is 8.42 Å². The van der Waals surface area contributed by atoms with Gasteiger partial charge in [0.2, 0.25) is 10.0 Å². The van der Waals surface area contributed by atoms with Gasteiger partial charge in [0.1, 0.15) is 0 Å². The second kappa shape index (κ2) is 4.50. The second-order valence-corrected chi connectivity index (χ2v) is 5.10. The van der Waals surface area contributed by atoms with Gasteiger partial charge in [0, 0.05) is 17.9 Å². The predicted octanol–water partition coefficient (Wildman–Crippen LogP) is 0.278. The SMILES string of the molecule is Cc1ccc(NCCS(N)(=O)=O)cc1N. The number of nitrogens with one attached hydrogen (secondary N) is 1. The van der Waals surface area contributed by atoms with E-state index in [1.165, 1.54) is 0 Å². The summed E-state index contributed by atoms with van der Waals surface area (Å²) < 4.78 is 21.3. The molecule has 0 heterocycles. The van der Waals surface area contributed by atoms with Gasteiger partial charge in [-0.05, 0) is 24.6 Å². The van der Waals surface area contributed by atoms with Crippen LogP contribution in [-0.4, -0.2) is 20.7 Å². The molecule has 0 saturated heterocycles. The molecule has 0 amide bonds.